The number of hydrogen-bond acceptors (Lipinski definition) is 2. The number of carbonyl (C=O) groups is 1. The zero-order valence-electron chi connectivity index (χ0n) is 16.6. The summed E-state index contributed by atoms with van der Waals surface area (Å²) in [6.45, 7) is 0.657. The Labute approximate surface area is 171 Å². The largest absolute Gasteiger partial charge is 0.356 e. The highest BCUT2D eigenvalue weighted by Gasteiger charge is 2.08. The van der Waals surface area contributed by atoms with E-state index >= 15 is 0 Å². The molecule has 4 nitrogen and oxygen atoms in total. The Balaban J connectivity index is 1.25. The summed E-state index contributed by atoms with van der Waals surface area (Å²) in [5.41, 5.74) is 5.54. The van der Waals surface area contributed by atoms with Crippen molar-refractivity contribution in [3.63, 3.8) is 0 Å². The summed E-state index contributed by atoms with van der Waals surface area (Å²) in [6, 6.07) is 26.6. The van der Waals surface area contributed by atoms with Gasteiger partial charge in [0, 0.05) is 20.0 Å². The number of amides is 1. The Morgan fingerprint density at radius 3 is 2.34 bits per heavy atom. The van der Waals surface area contributed by atoms with Gasteiger partial charge in [-0.05, 0) is 35.2 Å². The second kappa shape index (κ2) is 8.74. The lowest BCUT2D eigenvalue weighted by Gasteiger charge is -2.07. The van der Waals surface area contributed by atoms with E-state index in [9.17, 15) is 4.79 Å². The van der Waals surface area contributed by atoms with Crippen LogP contribution in [-0.4, -0.2) is 22.0 Å². The third kappa shape index (κ3) is 4.54. The van der Waals surface area contributed by atoms with Crippen molar-refractivity contribution in [3.05, 3.63) is 90.3 Å². The fourth-order valence-corrected chi connectivity index (χ4v) is 3.59. The Hall–Kier alpha value is -3.40. The van der Waals surface area contributed by atoms with E-state index < -0.39 is 0 Å². The molecule has 0 radical (unpaired) electrons. The number of nitrogens with zero attached hydrogens (tertiary/aromatic N) is 2. The van der Waals surface area contributed by atoms with Crippen LogP contribution in [0.5, 0.6) is 0 Å². The molecule has 1 amide bonds. The van der Waals surface area contributed by atoms with E-state index in [1.54, 1.807) is 0 Å². The van der Waals surface area contributed by atoms with Gasteiger partial charge in [-0.15, -0.1) is 0 Å². The minimum atomic E-state index is 0.0578. The summed E-state index contributed by atoms with van der Waals surface area (Å²) in [7, 11) is 2.04. The molecule has 0 saturated heterocycles. The predicted octanol–water partition coefficient (Wildman–Crippen LogP) is 4.53. The van der Waals surface area contributed by atoms with E-state index in [4.69, 9.17) is 0 Å². The van der Waals surface area contributed by atoms with E-state index in [0.29, 0.717) is 13.0 Å². The Morgan fingerprint density at radius 1 is 0.897 bits per heavy atom. The first kappa shape index (κ1) is 18.9. The first-order valence-corrected chi connectivity index (χ1v) is 10.0. The van der Waals surface area contributed by atoms with E-state index in [1.807, 2.05) is 55.6 Å². The first-order valence-electron chi connectivity index (χ1n) is 10.0. The average Bonchev–Trinajstić information content (AvgIpc) is 3.08. The summed E-state index contributed by atoms with van der Waals surface area (Å²) in [4.78, 5) is 16.9. The van der Waals surface area contributed by atoms with Crippen LogP contribution in [0.4, 0.5) is 0 Å². The molecule has 4 aromatic rings. The number of carbonyl (C=O) groups excluding carboxylic acids is 1. The molecule has 0 aliphatic rings. The summed E-state index contributed by atoms with van der Waals surface area (Å²) in [6.07, 6.45) is 2.12. The number of benzene rings is 3. The molecule has 0 fully saturated rings. The zero-order valence-corrected chi connectivity index (χ0v) is 16.6. The van der Waals surface area contributed by atoms with Gasteiger partial charge in [0.1, 0.15) is 5.82 Å². The van der Waals surface area contributed by atoms with E-state index in [-0.39, 0.29) is 5.91 Å². The highest BCUT2D eigenvalue weighted by atomic mass is 16.1. The van der Waals surface area contributed by atoms with Crippen LogP contribution in [0.25, 0.3) is 22.2 Å². The van der Waals surface area contributed by atoms with Gasteiger partial charge in [0.25, 0.3) is 0 Å². The van der Waals surface area contributed by atoms with Crippen molar-refractivity contribution in [1.82, 2.24) is 14.9 Å². The molecule has 1 N–H and O–H groups in total. The van der Waals surface area contributed by atoms with E-state index in [1.165, 1.54) is 5.56 Å². The third-order valence-corrected chi connectivity index (χ3v) is 5.20. The fraction of sp³-hybridized carbons (Fsp3) is 0.200. The van der Waals surface area contributed by atoms with Crippen LogP contribution in [0.2, 0.25) is 0 Å². The highest BCUT2D eigenvalue weighted by Crippen LogP contribution is 2.19. The van der Waals surface area contributed by atoms with Crippen molar-refractivity contribution in [2.75, 3.05) is 6.54 Å². The molecule has 0 unspecified atom stereocenters. The van der Waals surface area contributed by atoms with Crippen molar-refractivity contribution in [3.8, 4) is 11.1 Å². The Kier molecular flexibility index (Phi) is 5.71. The summed E-state index contributed by atoms with van der Waals surface area (Å²) in [5, 5.41) is 3.02. The smallest absolute Gasteiger partial charge is 0.224 e. The normalized spacial score (nSPS) is 10.9. The van der Waals surface area contributed by atoms with Crippen LogP contribution in [0, 0.1) is 0 Å². The van der Waals surface area contributed by atoms with Gasteiger partial charge in [0.15, 0.2) is 0 Å². The average molecular weight is 383 g/mol. The van der Waals surface area contributed by atoms with Gasteiger partial charge in [-0.3, -0.25) is 4.79 Å². The number of fused-ring (bicyclic) bond motifs is 1. The van der Waals surface area contributed by atoms with Crippen molar-refractivity contribution in [1.29, 1.82) is 0 Å². The van der Waals surface area contributed by atoms with Crippen molar-refractivity contribution in [2.45, 2.75) is 19.3 Å². The molecule has 4 heteroatoms. The monoisotopic (exact) mass is 383 g/mol. The summed E-state index contributed by atoms with van der Waals surface area (Å²) in [5.74, 6) is 1.11. The molecule has 1 heterocycles. The zero-order chi connectivity index (χ0) is 20.1. The van der Waals surface area contributed by atoms with Gasteiger partial charge < -0.3 is 9.88 Å². The second-order valence-electron chi connectivity index (χ2n) is 7.27. The molecular weight excluding hydrogens is 358 g/mol. The van der Waals surface area contributed by atoms with Gasteiger partial charge in [-0.1, -0.05) is 66.7 Å². The minimum absolute atomic E-state index is 0.0578. The third-order valence-electron chi connectivity index (χ3n) is 5.20. The standard InChI is InChI=1S/C25H25N3O/c1-28-23-11-6-5-10-22(23)27-24(28)12-7-17-26-25(29)18-19-13-15-21(16-14-19)20-8-3-2-4-9-20/h2-6,8-11,13-16H,7,12,17-18H2,1H3,(H,26,29). The predicted molar refractivity (Wildman–Crippen MR) is 118 cm³/mol. The van der Waals surface area contributed by atoms with Gasteiger partial charge in [0.05, 0.1) is 17.5 Å². The lowest BCUT2D eigenvalue weighted by atomic mass is 10.0. The number of aromatic nitrogens is 2. The summed E-state index contributed by atoms with van der Waals surface area (Å²) >= 11 is 0. The molecule has 0 bridgehead atoms. The van der Waals surface area contributed by atoms with Gasteiger partial charge >= 0.3 is 0 Å². The molecule has 0 aliphatic heterocycles. The second-order valence-corrected chi connectivity index (χ2v) is 7.27. The number of hydrogen-bond donors (Lipinski definition) is 1. The number of imidazole rings is 1. The van der Waals surface area contributed by atoms with Crippen molar-refractivity contribution >= 4 is 16.9 Å². The highest BCUT2D eigenvalue weighted by molar-refractivity contribution is 5.79. The quantitative estimate of drug-likeness (QED) is 0.477. The van der Waals surface area contributed by atoms with Gasteiger partial charge in [0.2, 0.25) is 5.91 Å². The van der Waals surface area contributed by atoms with Crippen molar-refractivity contribution < 1.29 is 4.79 Å². The maximum absolute atomic E-state index is 12.3. The number of nitrogens with one attached hydrogen (secondary N) is 1. The molecule has 29 heavy (non-hydrogen) atoms. The van der Waals surface area contributed by atoms with E-state index in [0.717, 1.165) is 40.8 Å². The first-order chi connectivity index (χ1) is 14.2. The van der Waals surface area contributed by atoms with Gasteiger partial charge in [-0.25, -0.2) is 4.98 Å². The Morgan fingerprint density at radius 2 is 1.59 bits per heavy atom. The molecule has 3 aromatic carbocycles. The molecule has 0 aliphatic carbocycles. The molecule has 146 valence electrons. The molecule has 1 aromatic heterocycles. The number of aryl methyl sites for hydroxylation is 2. The van der Waals surface area contributed by atoms with Crippen LogP contribution >= 0.6 is 0 Å². The molecule has 0 spiro atoms. The molecule has 0 saturated carbocycles. The maximum Gasteiger partial charge on any atom is 0.224 e. The number of para-hydroxylation sites is 2. The van der Waals surface area contributed by atoms with E-state index in [2.05, 4.69) is 45.2 Å². The molecular formula is C25H25N3O. The minimum Gasteiger partial charge on any atom is -0.356 e. The van der Waals surface area contributed by atoms with Crippen LogP contribution in [-0.2, 0) is 24.7 Å². The van der Waals surface area contributed by atoms with Crippen LogP contribution in [0.3, 0.4) is 0 Å². The SMILES string of the molecule is Cn1c(CCCNC(=O)Cc2ccc(-c3ccccc3)cc2)nc2ccccc21. The maximum atomic E-state index is 12.3. The van der Waals surface area contributed by atoms with Crippen molar-refractivity contribution in [2.24, 2.45) is 7.05 Å². The number of rotatable bonds is 7. The lowest BCUT2D eigenvalue weighted by molar-refractivity contribution is -0.120. The fourth-order valence-electron chi connectivity index (χ4n) is 3.59. The van der Waals surface area contributed by atoms with Crippen LogP contribution < -0.4 is 5.32 Å². The molecule has 0 atom stereocenters. The topological polar surface area (TPSA) is 46.9 Å². The van der Waals surface area contributed by atoms with Gasteiger partial charge in [-0.2, -0.15) is 0 Å². The van der Waals surface area contributed by atoms with Crippen LogP contribution in [0.15, 0.2) is 78.9 Å². The summed E-state index contributed by atoms with van der Waals surface area (Å²) < 4.78 is 2.13. The molecule has 4 rings (SSSR count). The van der Waals surface area contributed by atoms with Crippen LogP contribution in [0.1, 0.15) is 17.8 Å². The lowest BCUT2D eigenvalue weighted by Crippen LogP contribution is -2.26. The Bertz CT molecular complexity index is 1100.